The van der Waals surface area contributed by atoms with Crippen molar-refractivity contribution in [1.29, 1.82) is 0 Å². The summed E-state index contributed by atoms with van der Waals surface area (Å²) >= 11 is 0. The number of carbonyl (C=O) groups is 1. The van der Waals surface area contributed by atoms with E-state index in [4.69, 9.17) is 13.9 Å². The molecule has 0 radical (unpaired) electrons. The number of hydrogen-bond donors (Lipinski definition) is 1. The molecule has 1 N–H and O–H groups in total. The van der Waals surface area contributed by atoms with Crippen molar-refractivity contribution < 1.29 is 18.7 Å². The van der Waals surface area contributed by atoms with E-state index in [9.17, 15) is 4.79 Å². The molecule has 1 aliphatic rings. The number of para-hydroxylation sites is 1. The second-order valence-corrected chi connectivity index (χ2v) is 6.65. The van der Waals surface area contributed by atoms with Gasteiger partial charge in [0.1, 0.15) is 18.1 Å². The van der Waals surface area contributed by atoms with E-state index in [2.05, 4.69) is 5.32 Å². The fourth-order valence-corrected chi connectivity index (χ4v) is 3.04. The van der Waals surface area contributed by atoms with Crippen LogP contribution in [0.2, 0.25) is 0 Å². The van der Waals surface area contributed by atoms with E-state index in [1.54, 1.807) is 12.3 Å². The van der Waals surface area contributed by atoms with E-state index in [1.807, 2.05) is 49.3 Å². The molecule has 2 heterocycles. The van der Waals surface area contributed by atoms with Gasteiger partial charge in [-0.25, -0.2) is 0 Å². The zero-order chi connectivity index (χ0) is 18.4. The summed E-state index contributed by atoms with van der Waals surface area (Å²) in [6.07, 6.45) is 3.82. The molecular formula is C20H26N2O4. The molecule has 2 aromatic rings. The SMILES string of the molecule is CN(C)C(CNC(=O)c1ccccc1OCC1CCCO1)c1ccco1. The van der Waals surface area contributed by atoms with Crippen molar-refractivity contribution in [2.75, 3.05) is 33.9 Å². The lowest BCUT2D eigenvalue weighted by atomic mass is 10.1. The minimum absolute atomic E-state index is 0.0334. The molecule has 1 aromatic heterocycles. The third-order valence-corrected chi connectivity index (χ3v) is 4.53. The normalized spacial score (nSPS) is 18.0. The van der Waals surface area contributed by atoms with Crippen molar-refractivity contribution in [3.63, 3.8) is 0 Å². The van der Waals surface area contributed by atoms with Gasteiger partial charge in [0.05, 0.1) is 24.0 Å². The summed E-state index contributed by atoms with van der Waals surface area (Å²) in [5.41, 5.74) is 0.530. The zero-order valence-electron chi connectivity index (χ0n) is 15.3. The van der Waals surface area contributed by atoms with Crippen molar-refractivity contribution in [3.8, 4) is 5.75 Å². The molecule has 0 saturated carbocycles. The minimum atomic E-state index is -0.161. The van der Waals surface area contributed by atoms with Crippen LogP contribution < -0.4 is 10.1 Å². The van der Waals surface area contributed by atoms with E-state index < -0.39 is 0 Å². The number of rotatable bonds is 8. The summed E-state index contributed by atoms with van der Waals surface area (Å²) in [6, 6.07) is 11.0. The fraction of sp³-hybridized carbons (Fsp3) is 0.450. The Hall–Kier alpha value is -2.31. The molecule has 1 aliphatic heterocycles. The second-order valence-electron chi connectivity index (χ2n) is 6.65. The third kappa shape index (κ3) is 4.65. The Balaban J connectivity index is 1.61. The predicted molar refractivity (Wildman–Crippen MR) is 98.4 cm³/mol. The standard InChI is InChI=1S/C20H26N2O4/c1-22(2)17(19-10-6-12-25-19)13-21-20(23)16-8-3-4-9-18(16)26-14-15-7-5-11-24-15/h3-4,6,8-10,12,15,17H,5,7,11,13-14H2,1-2H3,(H,21,23). The molecule has 1 aromatic carbocycles. The van der Waals surface area contributed by atoms with Crippen molar-refractivity contribution >= 4 is 5.91 Å². The highest BCUT2D eigenvalue weighted by Gasteiger charge is 2.21. The maximum Gasteiger partial charge on any atom is 0.255 e. The molecule has 6 nitrogen and oxygen atoms in total. The number of ether oxygens (including phenoxy) is 2. The van der Waals surface area contributed by atoms with Crippen molar-refractivity contribution in [2.45, 2.75) is 25.0 Å². The molecule has 1 amide bonds. The van der Waals surface area contributed by atoms with Crippen molar-refractivity contribution in [1.82, 2.24) is 10.2 Å². The number of nitrogens with zero attached hydrogens (tertiary/aromatic N) is 1. The van der Waals surface area contributed by atoms with Crippen LogP contribution in [-0.4, -0.2) is 50.8 Å². The lowest BCUT2D eigenvalue weighted by Crippen LogP contribution is -2.34. The molecule has 1 saturated heterocycles. The molecule has 0 aliphatic carbocycles. The maximum absolute atomic E-state index is 12.7. The molecule has 2 atom stereocenters. The predicted octanol–water partition coefficient (Wildman–Crippen LogP) is 2.87. The first kappa shape index (κ1) is 18.5. The van der Waals surface area contributed by atoms with Gasteiger partial charge < -0.3 is 19.2 Å². The topological polar surface area (TPSA) is 63.9 Å². The van der Waals surface area contributed by atoms with Crippen LogP contribution in [0.15, 0.2) is 47.1 Å². The van der Waals surface area contributed by atoms with E-state index in [0.717, 1.165) is 25.2 Å². The smallest absolute Gasteiger partial charge is 0.255 e. The van der Waals surface area contributed by atoms with Gasteiger partial charge in [-0.1, -0.05) is 12.1 Å². The third-order valence-electron chi connectivity index (χ3n) is 4.53. The molecule has 140 valence electrons. The van der Waals surface area contributed by atoms with Gasteiger partial charge in [-0.2, -0.15) is 0 Å². The first-order valence-electron chi connectivity index (χ1n) is 8.96. The number of carbonyl (C=O) groups excluding carboxylic acids is 1. The van der Waals surface area contributed by atoms with Crippen LogP contribution in [0.3, 0.4) is 0 Å². The highest BCUT2D eigenvalue weighted by atomic mass is 16.5. The lowest BCUT2D eigenvalue weighted by molar-refractivity contribution is 0.0670. The average Bonchev–Trinajstić information content (AvgIpc) is 3.34. The van der Waals surface area contributed by atoms with Gasteiger partial charge in [-0.3, -0.25) is 9.69 Å². The summed E-state index contributed by atoms with van der Waals surface area (Å²) in [5, 5.41) is 2.99. The van der Waals surface area contributed by atoms with Gasteiger partial charge in [0, 0.05) is 13.2 Å². The van der Waals surface area contributed by atoms with Gasteiger partial charge in [-0.15, -0.1) is 0 Å². The summed E-state index contributed by atoms with van der Waals surface area (Å²) in [5.74, 6) is 1.24. The van der Waals surface area contributed by atoms with Crippen LogP contribution >= 0.6 is 0 Å². The quantitative estimate of drug-likeness (QED) is 0.786. The molecule has 3 rings (SSSR count). The Morgan fingerprint density at radius 2 is 2.15 bits per heavy atom. The van der Waals surface area contributed by atoms with Crippen LogP contribution in [0.1, 0.15) is 35.0 Å². The van der Waals surface area contributed by atoms with E-state index in [1.165, 1.54) is 0 Å². The Morgan fingerprint density at radius 1 is 1.31 bits per heavy atom. The molecule has 1 fully saturated rings. The van der Waals surface area contributed by atoms with Gasteiger partial charge in [-0.05, 0) is 51.2 Å². The Kier molecular flexibility index (Phi) is 6.30. The molecule has 2 unspecified atom stereocenters. The number of benzene rings is 1. The summed E-state index contributed by atoms with van der Waals surface area (Å²) in [7, 11) is 3.91. The summed E-state index contributed by atoms with van der Waals surface area (Å²) in [6.45, 7) is 1.70. The van der Waals surface area contributed by atoms with Crippen LogP contribution in [0.4, 0.5) is 0 Å². The van der Waals surface area contributed by atoms with Crippen LogP contribution in [0, 0.1) is 0 Å². The number of amides is 1. The first-order valence-corrected chi connectivity index (χ1v) is 8.96. The minimum Gasteiger partial charge on any atom is -0.490 e. The number of likely N-dealkylation sites (N-methyl/N-ethyl adjacent to an activating group) is 1. The second kappa shape index (κ2) is 8.87. The Bertz CT molecular complexity index is 694. The average molecular weight is 358 g/mol. The zero-order valence-corrected chi connectivity index (χ0v) is 15.3. The highest BCUT2D eigenvalue weighted by molar-refractivity contribution is 5.96. The van der Waals surface area contributed by atoms with Crippen LogP contribution in [0.25, 0.3) is 0 Å². The first-order chi connectivity index (χ1) is 12.6. The molecule has 26 heavy (non-hydrogen) atoms. The lowest BCUT2D eigenvalue weighted by Gasteiger charge is -2.23. The van der Waals surface area contributed by atoms with E-state index >= 15 is 0 Å². The van der Waals surface area contributed by atoms with Crippen molar-refractivity contribution in [3.05, 3.63) is 54.0 Å². The van der Waals surface area contributed by atoms with Gasteiger partial charge in [0.15, 0.2) is 0 Å². The van der Waals surface area contributed by atoms with E-state index in [-0.39, 0.29) is 18.1 Å². The molecule has 0 bridgehead atoms. The highest BCUT2D eigenvalue weighted by Crippen LogP contribution is 2.22. The van der Waals surface area contributed by atoms with E-state index in [0.29, 0.717) is 24.5 Å². The molecular weight excluding hydrogens is 332 g/mol. The van der Waals surface area contributed by atoms with Crippen LogP contribution in [-0.2, 0) is 4.74 Å². The summed E-state index contributed by atoms with van der Waals surface area (Å²) < 4.78 is 16.9. The number of furan rings is 1. The Morgan fingerprint density at radius 3 is 2.85 bits per heavy atom. The maximum atomic E-state index is 12.7. The molecule has 0 spiro atoms. The molecule has 6 heteroatoms. The Labute approximate surface area is 154 Å². The van der Waals surface area contributed by atoms with Gasteiger partial charge in [0.2, 0.25) is 0 Å². The number of hydrogen-bond acceptors (Lipinski definition) is 5. The largest absolute Gasteiger partial charge is 0.490 e. The van der Waals surface area contributed by atoms with Crippen LogP contribution in [0.5, 0.6) is 5.75 Å². The monoisotopic (exact) mass is 358 g/mol. The van der Waals surface area contributed by atoms with Gasteiger partial charge >= 0.3 is 0 Å². The fourth-order valence-electron chi connectivity index (χ4n) is 3.04. The number of nitrogens with one attached hydrogen (secondary N) is 1. The van der Waals surface area contributed by atoms with Crippen molar-refractivity contribution in [2.24, 2.45) is 0 Å². The van der Waals surface area contributed by atoms with Gasteiger partial charge in [0.25, 0.3) is 5.91 Å². The summed E-state index contributed by atoms with van der Waals surface area (Å²) in [4.78, 5) is 14.7.